The Balaban J connectivity index is 0.00000481. The zero-order valence-corrected chi connectivity index (χ0v) is 22.6. The lowest BCUT2D eigenvalue weighted by molar-refractivity contribution is -0.255. The van der Waals surface area contributed by atoms with E-state index in [-0.39, 0.29) is 37.1 Å². The molecule has 198 valence electrons. The molecule has 0 aliphatic carbocycles. The second kappa shape index (κ2) is 12.9. The van der Waals surface area contributed by atoms with Gasteiger partial charge in [0, 0.05) is 25.1 Å². The summed E-state index contributed by atoms with van der Waals surface area (Å²) in [5.74, 6) is -1.41. The largest absolute Gasteiger partial charge is 0.545 e. The van der Waals surface area contributed by atoms with Gasteiger partial charge in [-0.05, 0) is 80.5 Å². The predicted octanol–water partition coefficient (Wildman–Crippen LogP) is 4.97. The van der Waals surface area contributed by atoms with Gasteiger partial charge < -0.3 is 25.1 Å². The number of rotatable bonds is 11. The van der Waals surface area contributed by atoms with E-state index in [0.717, 1.165) is 22.3 Å². The molecule has 0 heterocycles. The van der Waals surface area contributed by atoms with Crippen molar-refractivity contribution in [2.45, 2.75) is 58.8 Å². The topological polar surface area (TPSA) is 81.6 Å². The van der Waals surface area contributed by atoms with E-state index in [0.29, 0.717) is 24.1 Å². The monoisotopic (exact) mass is 507 g/mol. The lowest BCUT2D eigenvalue weighted by atomic mass is 9.94. The van der Waals surface area contributed by atoms with Gasteiger partial charge >= 0.3 is 0 Å². The maximum Gasteiger partial charge on any atom is 0.126 e. The second-order valence-electron chi connectivity index (χ2n) is 10.1. The van der Waals surface area contributed by atoms with Crippen molar-refractivity contribution < 1.29 is 24.1 Å². The van der Waals surface area contributed by atoms with E-state index in [1.54, 1.807) is 38.1 Å². The number of aryl methyl sites for hydroxylation is 2. The predicted molar refractivity (Wildman–Crippen MR) is 145 cm³/mol. The number of carboxylic acids is 1. The van der Waals surface area contributed by atoms with E-state index < -0.39 is 12.1 Å². The van der Waals surface area contributed by atoms with Crippen LogP contribution in [0.15, 0.2) is 60.7 Å². The van der Waals surface area contributed by atoms with E-state index in [1.807, 2.05) is 57.2 Å². The van der Waals surface area contributed by atoms with Crippen LogP contribution in [-0.4, -0.2) is 35.9 Å². The quantitative estimate of drug-likeness (QED) is 0.358. The molecule has 3 aromatic carbocycles. The van der Waals surface area contributed by atoms with E-state index >= 15 is 0 Å². The normalized spacial score (nSPS) is 13.1. The number of carbonyl (C=O) groups is 1. The molecule has 3 rings (SSSR count). The van der Waals surface area contributed by atoms with Gasteiger partial charge in [-0.25, -0.2) is 4.39 Å². The fourth-order valence-electron chi connectivity index (χ4n) is 4.29. The van der Waals surface area contributed by atoms with Crippen molar-refractivity contribution in [2.75, 3.05) is 13.2 Å². The highest BCUT2D eigenvalue weighted by Crippen LogP contribution is 2.31. The van der Waals surface area contributed by atoms with Crippen molar-refractivity contribution in [1.82, 2.24) is 5.32 Å². The molecule has 0 unspecified atom stereocenters. The van der Waals surface area contributed by atoms with E-state index in [4.69, 9.17) is 4.74 Å². The molecular formula is C31H38FNO4. The van der Waals surface area contributed by atoms with Crippen LogP contribution in [0.4, 0.5) is 4.39 Å². The molecule has 0 saturated heterocycles. The number of benzene rings is 3. The summed E-state index contributed by atoms with van der Waals surface area (Å²) in [5, 5.41) is 25.2. The Morgan fingerprint density at radius 2 is 1.78 bits per heavy atom. The number of hydrogen-bond donors (Lipinski definition) is 2. The van der Waals surface area contributed by atoms with Crippen molar-refractivity contribution in [3.63, 3.8) is 0 Å². The summed E-state index contributed by atoms with van der Waals surface area (Å²) in [4.78, 5) is 11.3. The first kappa shape index (κ1) is 30.0. The number of carboxylic acid groups (broad SMARTS) is 1. The third-order valence-corrected chi connectivity index (χ3v) is 6.39. The fourth-order valence-corrected chi connectivity index (χ4v) is 4.29. The van der Waals surface area contributed by atoms with Gasteiger partial charge in [0.15, 0.2) is 0 Å². The SMILES string of the molecule is Cc1ccc(CC(C)(C)NC[C@@H](O)CO[C@H](C)c2ccccc2-c2ccc(C(=O)[O-])c(C)c2)cc1F.[CH3+]. The smallest absolute Gasteiger partial charge is 0.126 e. The minimum absolute atomic E-state index is 0. The Morgan fingerprint density at radius 1 is 1.08 bits per heavy atom. The molecule has 0 bridgehead atoms. The number of carbonyl (C=O) groups excluding carboxylic acids is 1. The molecule has 0 aromatic heterocycles. The Morgan fingerprint density at radius 3 is 2.43 bits per heavy atom. The van der Waals surface area contributed by atoms with Gasteiger partial charge in [-0.15, -0.1) is 0 Å². The van der Waals surface area contributed by atoms with Crippen LogP contribution < -0.4 is 10.4 Å². The summed E-state index contributed by atoms with van der Waals surface area (Å²) in [6, 6.07) is 18.2. The summed E-state index contributed by atoms with van der Waals surface area (Å²) in [7, 11) is 0. The van der Waals surface area contributed by atoms with Crippen LogP contribution in [0.5, 0.6) is 0 Å². The number of aromatic carboxylic acids is 1. The fraction of sp³-hybridized carbons (Fsp3) is 0.355. The highest BCUT2D eigenvalue weighted by molar-refractivity contribution is 5.88. The number of aliphatic hydroxyl groups is 1. The Labute approximate surface area is 220 Å². The van der Waals surface area contributed by atoms with E-state index in [9.17, 15) is 19.4 Å². The van der Waals surface area contributed by atoms with Gasteiger partial charge in [0.25, 0.3) is 0 Å². The van der Waals surface area contributed by atoms with Gasteiger partial charge in [0.05, 0.1) is 24.8 Å². The van der Waals surface area contributed by atoms with E-state index in [1.165, 1.54) is 0 Å². The molecule has 6 heteroatoms. The molecule has 5 nitrogen and oxygen atoms in total. The molecule has 0 amide bonds. The number of aliphatic hydroxyl groups excluding tert-OH is 1. The first-order valence-corrected chi connectivity index (χ1v) is 12.2. The van der Waals surface area contributed by atoms with Crippen molar-refractivity contribution in [2.24, 2.45) is 0 Å². The molecule has 0 radical (unpaired) electrons. The molecule has 0 spiro atoms. The molecule has 2 N–H and O–H groups in total. The number of halogens is 1. The summed E-state index contributed by atoms with van der Waals surface area (Å²) >= 11 is 0. The highest BCUT2D eigenvalue weighted by atomic mass is 19.1. The second-order valence-corrected chi connectivity index (χ2v) is 10.1. The van der Waals surface area contributed by atoms with Gasteiger partial charge in [-0.2, -0.15) is 0 Å². The van der Waals surface area contributed by atoms with Crippen molar-refractivity contribution in [3.05, 3.63) is 102 Å². The minimum atomic E-state index is -1.19. The number of β-amino-alcohol motifs (C(OH)–C–C–N with tert-alkyl or cyclic N) is 1. The molecule has 0 aliphatic heterocycles. The molecule has 3 aromatic rings. The molecule has 0 aliphatic rings. The molecule has 37 heavy (non-hydrogen) atoms. The van der Waals surface area contributed by atoms with Gasteiger partial charge in [-0.3, -0.25) is 0 Å². The van der Waals surface area contributed by atoms with E-state index in [2.05, 4.69) is 5.32 Å². The van der Waals surface area contributed by atoms with Crippen molar-refractivity contribution in [3.8, 4) is 11.1 Å². The van der Waals surface area contributed by atoms with Crippen molar-refractivity contribution in [1.29, 1.82) is 0 Å². The van der Waals surface area contributed by atoms with Gasteiger partial charge in [0.1, 0.15) is 5.82 Å². The number of hydrogen-bond acceptors (Lipinski definition) is 5. The number of ether oxygens (including phenoxy) is 1. The number of nitrogens with one attached hydrogen (secondary N) is 1. The Bertz CT molecular complexity index is 1210. The summed E-state index contributed by atoms with van der Waals surface area (Å²) < 4.78 is 19.9. The van der Waals surface area contributed by atoms with Crippen LogP contribution >= 0.6 is 0 Å². The van der Waals surface area contributed by atoms with Crippen LogP contribution in [0.1, 0.15) is 59.5 Å². The molecule has 0 saturated carbocycles. The lowest BCUT2D eigenvalue weighted by Crippen LogP contribution is -2.46. The average Bonchev–Trinajstić information content (AvgIpc) is 2.83. The van der Waals surface area contributed by atoms with Crippen LogP contribution in [0, 0.1) is 27.1 Å². The van der Waals surface area contributed by atoms with Gasteiger partial charge in [0.2, 0.25) is 0 Å². The maximum absolute atomic E-state index is 13.9. The summed E-state index contributed by atoms with van der Waals surface area (Å²) in [6.45, 7) is 9.93. The lowest BCUT2D eigenvalue weighted by Gasteiger charge is -2.28. The Kier molecular flexibility index (Phi) is 10.4. The third-order valence-electron chi connectivity index (χ3n) is 6.39. The van der Waals surface area contributed by atoms with Crippen LogP contribution in [0.25, 0.3) is 11.1 Å². The average molecular weight is 508 g/mol. The highest BCUT2D eigenvalue weighted by Gasteiger charge is 2.21. The standard InChI is InChI=1S/C30H36FNO4.CH3/c1-19-10-11-22(15-28(19)31)16-30(4,5)32-17-24(33)18-36-21(3)26-8-6-7-9-27(26)23-12-13-25(29(34)35)20(2)14-23;/h6-15,21,24,32-33H,16-18H2,1-5H3,(H,34,35);1H3/q;+1/p-1/t21-,24-;/m1./s1. The summed E-state index contributed by atoms with van der Waals surface area (Å²) in [6.07, 6.45) is -0.392. The molecule has 0 fully saturated rings. The summed E-state index contributed by atoms with van der Waals surface area (Å²) in [5.41, 5.74) is 4.76. The third kappa shape index (κ3) is 8.15. The first-order valence-electron chi connectivity index (χ1n) is 12.2. The van der Waals surface area contributed by atoms with Crippen LogP contribution in [0.3, 0.4) is 0 Å². The Hall–Kier alpha value is -3.19. The zero-order valence-electron chi connectivity index (χ0n) is 22.6. The van der Waals surface area contributed by atoms with Crippen LogP contribution in [0.2, 0.25) is 0 Å². The molecule has 2 atom stereocenters. The van der Waals surface area contributed by atoms with Crippen LogP contribution in [-0.2, 0) is 11.2 Å². The molecular weight excluding hydrogens is 469 g/mol. The minimum Gasteiger partial charge on any atom is -0.545 e. The van der Waals surface area contributed by atoms with Crippen molar-refractivity contribution >= 4 is 5.97 Å². The maximum atomic E-state index is 13.9. The zero-order chi connectivity index (χ0) is 26.5. The van der Waals surface area contributed by atoms with Gasteiger partial charge in [-0.1, -0.05) is 54.6 Å². The first-order chi connectivity index (χ1) is 17.0.